The minimum atomic E-state index is -1.25. The summed E-state index contributed by atoms with van der Waals surface area (Å²) in [6.45, 7) is 5.08. The van der Waals surface area contributed by atoms with Crippen molar-refractivity contribution in [2.24, 2.45) is 0 Å². The molecule has 0 aliphatic rings. The number of benzene rings is 2. The maximum atomic E-state index is 13.8. The number of hydrogen-bond donors (Lipinski definition) is 1. The minimum Gasteiger partial charge on any atom is -0.548 e. The standard InChI is InChI=1S/C21H21FN2O4.Na/c1-12(2)23-21(27)14-4-7-16(8-5-14)28-20-13(3)24(11-19(25)26)18-9-6-15(22)10-17(18)20;/h4-10,12H,11H2,1-3H3,(H,23,27)(H,25,26);/q;+1/p-1. The van der Waals surface area contributed by atoms with Gasteiger partial charge in [0.25, 0.3) is 5.91 Å². The van der Waals surface area contributed by atoms with Crippen molar-refractivity contribution in [2.45, 2.75) is 33.4 Å². The number of carbonyl (C=O) groups excluding carboxylic acids is 2. The van der Waals surface area contributed by atoms with Crippen LogP contribution in [0.4, 0.5) is 4.39 Å². The minimum absolute atomic E-state index is 0. The molecule has 1 amide bonds. The molecule has 0 fully saturated rings. The van der Waals surface area contributed by atoms with Crippen LogP contribution in [0, 0.1) is 12.7 Å². The molecule has 146 valence electrons. The molecule has 6 nitrogen and oxygen atoms in total. The van der Waals surface area contributed by atoms with Crippen molar-refractivity contribution in [1.82, 2.24) is 9.88 Å². The van der Waals surface area contributed by atoms with Crippen LogP contribution in [0.15, 0.2) is 42.5 Å². The number of rotatable bonds is 6. The van der Waals surface area contributed by atoms with Gasteiger partial charge in [0.05, 0.1) is 23.7 Å². The first-order valence-electron chi connectivity index (χ1n) is 8.83. The fourth-order valence-corrected chi connectivity index (χ4v) is 3.02. The maximum Gasteiger partial charge on any atom is 1.00 e. The first kappa shape index (κ1) is 22.9. The number of amides is 1. The van der Waals surface area contributed by atoms with Gasteiger partial charge in [0, 0.05) is 17.0 Å². The third-order valence-corrected chi connectivity index (χ3v) is 4.27. The normalized spacial score (nSPS) is 10.7. The Hall–Kier alpha value is -2.35. The van der Waals surface area contributed by atoms with Crippen LogP contribution < -0.4 is 44.7 Å². The molecule has 0 atom stereocenters. The third-order valence-electron chi connectivity index (χ3n) is 4.27. The maximum absolute atomic E-state index is 13.8. The summed E-state index contributed by atoms with van der Waals surface area (Å²) in [5.41, 5.74) is 1.56. The summed E-state index contributed by atoms with van der Waals surface area (Å²) in [6, 6.07) is 10.6. The van der Waals surface area contributed by atoms with Crippen molar-refractivity contribution in [3.05, 3.63) is 59.5 Å². The zero-order valence-electron chi connectivity index (χ0n) is 16.8. The van der Waals surface area contributed by atoms with Crippen LogP contribution in [0.2, 0.25) is 0 Å². The van der Waals surface area contributed by atoms with E-state index in [0.29, 0.717) is 33.7 Å². The van der Waals surface area contributed by atoms with Gasteiger partial charge in [-0.2, -0.15) is 0 Å². The first-order chi connectivity index (χ1) is 13.3. The molecule has 3 aromatic rings. The van der Waals surface area contributed by atoms with Crippen molar-refractivity contribution in [1.29, 1.82) is 0 Å². The van der Waals surface area contributed by atoms with E-state index in [4.69, 9.17) is 4.74 Å². The second kappa shape index (κ2) is 9.43. The average molecular weight is 406 g/mol. The summed E-state index contributed by atoms with van der Waals surface area (Å²) in [5.74, 6) is -1.10. The van der Waals surface area contributed by atoms with E-state index in [1.165, 1.54) is 22.8 Å². The molecule has 0 aliphatic carbocycles. The Kier molecular flexibility index (Phi) is 7.46. The fraction of sp³-hybridized carbons (Fsp3) is 0.238. The van der Waals surface area contributed by atoms with Crippen LogP contribution in [0.5, 0.6) is 11.5 Å². The smallest absolute Gasteiger partial charge is 0.548 e. The summed E-state index contributed by atoms with van der Waals surface area (Å²) in [4.78, 5) is 23.1. The second-order valence-corrected chi connectivity index (χ2v) is 6.79. The molecule has 2 aromatic carbocycles. The summed E-state index contributed by atoms with van der Waals surface area (Å²) in [6.07, 6.45) is 0. The van der Waals surface area contributed by atoms with Crippen LogP contribution in [0.25, 0.3) is 10.9 Å². The molecule has 0 spiro atoms. The topological polar surface area (TPSA) is 83.4 Å². The Labute approximate surface area is 190 Å². The Bertz CT molecular complexity index is 1050. The van der Waals surface area contributed by atoms with Gasteiger partial charge >= 0.3 is 29.6 Å². The zero-order valence-corrected chi connectivity index (χ0v) is 18.8. The van der Waals surface area contributed by atoms with Crippen LogP contribution in [-0.2, 0) is 11.3 Å². The summed E-state index contributed by atoms with van der Waals surface area (Å²) in [7, 11) is 0. The average Bonchev–Trinajstić information content (AvgIpc) is 2.86. The molecule has 8 heteroatoms. The van der Waals surface area contributed by atoms with E-state index >= 15 is 0 Å². The molecule has 0 saturated carbocycles. The van der Waals surface area contributed by atoms with E-state index in [0.717, 1.165) is 0 Å². The predicted molar refractivity (Wildman–Crippen MR) is 101 cm³/mol. The van der Waals surface area contributed by atoms with E-state index in [1.54, 1.807) is 31.2 Å². The molecular weight excluding hydrogens is 386 g/mol. The van der Waals surface area contributed by atoms with E-state index in [1.807, 2.05) is 13.8 Å². The SMILES string of the molecule is Cc1c(Oc2ccc(C(=O)NC(C)C)cc2)c2cc(F)ccc2n1CC(=O)[O-].[Na+]. The molecule has 0 unspecified atom stereocenters. The predicted octanol–water partition coefficient (Wildman–Crippen LogP) is -0.227. The largest absolute Gasteiger partial charge is 1.00 e. The molecule has 0 aliphatic heterocycles. The van der Waals surface area contributed by atoms with Crippen molar-refractivity contribution in [3.8, 4) is 11.5 Å². The van der Waals surface area contributed by atoms with Gasteiger partial charge < -0.3 is 24.5 Å². The molecule has 1 aromatic heterocycles. The van der Waals surface area contributed by atoms with E-state index in [2.05, 4.69) is 5.32 Å². The molecule has 3 rings (SSSR count). The fourth-order valence-electron chi connectivity index (χ4n) is 3.02. The molecule has 29 heavy (non-hydrogen) atoms. The monoisotopic (exact) mass is 406 g/mol. The van der Waals surface area contributed by atoms with Crippen LogP contribution in [0.3, 0.4) is 0 Å². The summed E-state index contributed by atoms with van der Waals surface area (Å²) in [5, 5.41) is 14.4. The quantitative estimate of drug-likeness (QED) is 0.574. The Morgan fingerprint density at radius 2 is 1.83 bits per heavy atom. The molecule has 1 heterocycles. The molecular formula is C21H20FN2NaO4. The summed E-state index contributed by atoms with van der Waals surface area (Å²) < 4.78 is 21.2. The number of fused-ring (bicyclic) bond motifs is 1. The van der Waals surface area contributed by atoms with Gasteiger partial charge in [-0.05, 0) is 63.2 Å². The third kappa shape index (κ3) is 5.18. The number of carboxylic acid groups (broad SMARTS) is 1. The van der Waals surface area contributed by atoms with Gasteiger partial charge in [-0.1, -0.05) is 0 Å². The van der Waals surface area contributed by atoms with E-state index in [9.17, 15) is 19.1 Å². The number of aliphatic carboxylic acids is 1. The van der Waals surface area contributed by atoms with Crippen LogP contribution in [0.1, 0.15) is 29.9 Å². The second-order valence-electron chi connectivity index (χ2n) is 6.79. The number of aromatic nitrogens is 1. The number of ether oxygens (including phenoxy) is 1. The number of hydrogen-bond acceptors (Lipinski definition) is 4. The number of nitrogens with one attached hydrogen (secondary N) is 1. The van der Waals surface area contributed by atoms with Gasteiger partial charge in [-0.3, -0.25) is 4.79 Å². The van der Waals surface area contributed by atoms with Crippen molar-refractivity contribution < 1.29 is 53.4 Å². The molecule has 0 bridgehead atoms. The first-order valence-corrected chi connectivity index (χ1v) is 8.83. The van der Waals surface area contributed by atoms with E-state index in [-0.39, 0.29) is 48.1 Å². The van der Waals surface area contributed by atoms with Crippen molar-refractivity contribution >= 4 is 22.8 Å². The van der Waals surface area contributed by atoms with Crippen molar-refractivity contribution in [2.75, 3.05) is 0 Å². The molecule has 0 saturated heterocycles. The number of halogens is 1. The summed E-state index contributed by atoms with van der Waals surface area (Å²) >= 11 is 0. The Balaban J connectivity index is 0.00000300. The number of nitrogens with zero attached hydrogens (tertiary/aromatic N) is 1. The van der Waals surface area contributed by atoms with Crippen LogP contribution in [-0.4, -0.2) is 22.5 Å². The van der Waals surface area contributed by atoms with Gasteiger partial charge in [0.15, 0.2) is 5.75 Å². The number of carboxylic acids is 1. The van der Waals surface area contributed by atoms with Gasteiger partial charge in [-0.15, -0.1) is 0 Å². The van der Waals surface area contributed by atoms with Gasteiger partial charge in [-0.25, -0.2) is 4.39 Å². The van der Waals surface area contributed by atoms with Crippen LogP contribution >= 0.6 is 0 Å². The molecule has 1 N–H and O–H groups in total. The van der Waals surface area contributed by atoms with E-state index < -0.39 is 11.8 Å². The van der Waals surface area contributed by atoms with Gasteiger partial charge in [0.2, 0.25) is 0 Å². The number of carbonyl (C=O) groups is 2. The van der Waals surface area contributed by atoms with Gasteiger partial charge in [0.1, 0.15) is 11.6 Å². The molecule has 0 radical (unpaired) electrons. The Morgan fingerprint density at radius 1 is 1.17 bits per heavy atom. The van der Waals surface area contributed by atoms with Crippen molar-refractivity contribution in [3.63, 3.8) is 0 Å². The Morgan fingerprint density at radius 3 is 2.41 bits per heavy atom. The zero-order chi connectivity index (χ0) is 20.4.